The minimum absolute atomic E-state index is 0.0257. The first kappa shape index (κ1) is 17.3. The lowest BCUT2D eigenvalue weighted by Crippen LogP contribution is -2.27. The summed E-state index contributed by atoms with van der Waals surface area (Å²) in [5, 5.41) is 2.35. The first-order valence-electron chi connectivity index (χ1n) is 9.26. The maximum Gasteiger partial charge on any atom is 0.253 e. The van der Waals surface area contributed by atoms with Gasteiger partial charge in [0.1, 0.15) is 0 Å². The molecule has 0 unspecified atom stereocenters. The van der Waals surface area contributed by atoms with Crippen molar-refractivity contribution in [3.63, 3.8) is 0 Å². The first-order chi connectivity index (χ1) is 13.1. The molecule has 0 radical (unpaired) electrons. The van der Waals surface area contributed by atoms with Crippen LogP contribution in [0.1, 0.15) is 28.8 Å². The molecular weight excluding hydrogens is 336 g/mol. The quantitative estimate of drug-likeness (QED) is 0.700. The second-order valence-corrected chi connectivity index (χ2v) is 7.00. The van der Waals surface area contributed by atoms with Crippen molar-refractivity contribution < 1.29 is 9.59 Å². The highest BCUT2D eigenvalue weighted by Gasteiger charge is 2.22. The Morgan fingerprint density at radius 1 is 1.00 bits per heavy atom. The molecule has 1 aliphatic heterocycles. The second-order valence-electron chi connectivity index (χ2n) is 7.00. The summed E-state index contributed by atoms with van der Waals surface area (Å²) in [4.78, 5) is 28.2. The van der Waals surface area contributed by atoms with Crippen LogP contribution in [0.4, 0.5) is 5.69 Å². The molecule has 2 amide bonds. The third-order valence-electron chi connectivity index (χ3n) is 5.13. The molecule has 1 fully saturated rings. The highest BCUT2D eigenvalue weighted by molar-refractivity contribution is 5.97. The second kappa shape index (κ2) is 7.23. The van der Waals surface area contributed by atoms with Crippen molar-refractivity contribution >= 4 is 28.3 Å². The standard InChI is InChI=1S/C23H22N2O2/c1-24(16-19-8-4-7-17-6-2-3-9-21(17)19)23(27)18-11-13-20(14-12-18)25-15-5-10-22(25)26/h2-4,6-9,11-14H,5,10,15-16H2,1H3. The Morgan fingerprint density at radius 2 is 1.74 bits per heavy atom. The van der Waals surface area contributed by atoms with Crippen LogP contribution < -0.4 is 4.90 Å². The molecule has 3 aromatic carbocycles. The van der Waals surface area contributed by atoms with Gasteiger partial charge in [-0.1, -0.05) is 42.5 Å². The van der Waals surface area contributed by atoms with Crippen LogP contribution in [0.25, 0.3) is 10.8 Å². The lowest BCUT2D eigenvalue weighted by atomic mass is 10.0. The van der Waals surface area contributed by atoms with Gasteiger partial charge in [-0.15, -0.1) is 0 Å². The molecule has 0 aromatic heterocycles. The summed E-state index contributed by atoms with van der Waals surface area (Å²) in [6, 6.07) is 21.7. The number of anilines is 1. The monoisotopic (exact) mass is 358 g/mol. The van der Waals surface area contributed by atoms with Crippen LogP contribution in [0, 0.1) is 0 Å². The van der Waals surface area contributed by atoms with Gasteiger partial charge in [0.2, 0.25) is 5.91 Å². The van der Waals surface area contributed by atoms with E-state index >= 15 is 0 Å². The zero-order valence-electron chi connectivity index (χ0n) is 15.4. The van der Waals surface area contributed by atoms with Gasteiger partial charge < -0.3 is 9.80 Å². The van der Waals surface area contributed by atoms with Crippen LogP contribution in [-0.2, 0) is 11.3 Å². The van der Waals surface area contributed by atoms with Crippen LogP contribution in [0.15, 0.2) is 66.7 Å². The van der Waals surface area contributed by atoms with Gasteiger partial charge >= 0.3 is 0 Å². The normalized spacial score (nSPS) is 14.0. The summed E-state index contributed by atoms with van der Waals surface area (Å²) in [5.74, 6) is 0.129. The van der Waals surface area contributed by atoms with Crippen LogP contribution in [-0.4, -0.2) is 30.3 Å². The summed E-state index contributed by atoms with van der Waals surface area (Å²) < 4.78 is 0. The van der Waals surface area contributed by atoms with Crippen LogP contribution in [0.2, 0.25) is 0 Å². The average Bonchev–Trinajstić information content (AvgIpc) is 3.13. The van der Waals surface area contributed by atoms with Crippen molar-refractivity contribution in [1.29, 1.82) is 0 Å². The predicted octanol–water partition coefficient (Wildman–Crippen LogP) is 4.24. The van der Waals surface area contributed by atoms with Gasteiger partial charge in [-0.05, 0) is 47.0 Å². The predicted molar refractivity (Wildman–Crippen MR) is 108 cm³/mol. The first-order valence-corrected chi connectivity index (χ1v) is 9.26. The van der Waals surface area contributed by atoms with Gasteiger partial charge in [0.25, 0.3) is 5.91 Å². The molecule has 3 aromatic rings. The van der Waals surface area contributed by atoms with Crippen molar-refractivity contribution in [2.24, 2.45) is 0 Å². The van der Waals surface area contributed by atoms with Crippen molar-refractivity contribution in [1.82, 2.24) is 4.90 Å². The van der Waals surface area contributed by atoms with E-state index < -0.39 is 0 Å². The van der Waals surface area contributed by atoms with Crippen LogP contribution >= 0.6 is 0 Å². The topological polar surface area (TPSA) is 40.6 Å². The molecule has 1 saturated heterocycles. The molecule has 0 spiro atoms. The van der Waals surface area contributed by atoms with Crippen molar-refractivity contribution in [3.8, 4) is 0 Å². The van der Waals surface area contributed by atoms with Crippen LogP contribution in [0.3, 0.4) is 0 Å². The Kier molecular flexibility index (Phi) is 4.63. The molecule has 0 atom stereocenters. The van der Waals surface area contributed by atoms with Gasteiger partial charge in [0.05, 0.1) is 0 Å². The number of carbonyl (C=O) groups is 2. The maximum atomic E-state index is 12.8. The molecule has 136 valence electrons. The molecule has 4 nitrogen and oxygen atoms in total. The molecule has 4 heteroatoms. The Balaban J connectivity index is 1.51. The molecule has 1 heterocycles. The molecular formula is C23H22N2O2. The minimum Gasteiger partial charge on any atom is -0.337 e. The number of amides is 2. The summed E-state index contributed by atoms with van der Waals surface area (Å²) in [7, 11) is 1.82. The van der Waals surface area contributed by atoms with Gasteiger partial charge in [-0.2, -0.15) is 0 Å². The Morgan fingerprint density at radius 3 is 2.48 bits per heavy atom. The zero-order chi connectivity index (χ0) is 18.8. The van der Waals surface area contributed by atoms with Gasteiger partial charge in [0.15, 0.2) is 0 Å². The molecule has 1 aliphatic rings. The van der Waals surface area contributed by atoms with E-state index in [1.165, 1.54) is 10.8 Å². The number of carbonyl (C=O) groups excluding carboxylic acids is 2. The largest absolute Gasteiger partial charge is 0.337 e. The molecule has 27 heavy (non-hydrogen) atoms. The van der Waals surface area contributed by atoms with E-state index in [9.17, 15) is 9.59 Å². The highest BCUT2D eigenvalue weighted by Crippen LogP contribution is 2.23. The van der Waals surface area contributed by atoms with E-state index in [4.69, 9.17) is 0 Å². The van der Waals surface area contributed by atoms with Crippen molar-refractivity contribution in [2.45, 2.75) is 19.4 Å². The minimum atomic E-state index is -0.0257. The zero-order valence-corrected chi connectivity index (χ0v) is 15.4. The maximum absolute atomic E-state index is 12.8. The number of fused-ring (bicyclic) bond motifs is 1. The highest BCUT2D eigenvalue weighted by atomic mass is 16.2. The van der Waals surface area contributed by atoms with E-state index in [1.54, 1.807) is 9.80 Å². The Bertz CT molecular complexity index is 989. The fourth-order valence-electron chi connectivity index (χ4n) is 3.68. The van der Waals surface area contributed by atoms with Crippen molar-refractivity contribution in [2.75, 3.05) is 18.5 Å². The number of nitrogens with zero attached hydrogens (tertiary/aromatic N) is 2. The lowest BCUT2D eigenvalue weighted by molar-refractivity contribution is -0.117. The summed E-state index contributed by atoms with van der Waals surface area (Å²) in [5.41, 5.74) is 2.63. The molecule has 0 bridgehead atoms. The van der Waals surface area contributed by atoms with Gasteiger partial charge in [-0.25, -0.2) is 0 Å². The molecule has 4 rings (SSSR count). The third kappa shape index (κ3) is 3.43. The Hall–Kier alpha value is -3.14. The van der Waals surface area contributed by atoms with Gasteiger partial charge in [-0.3, -0.25) is 9.59 Å². The third-order valence-corrected chi connectivity index (χ3v) is 5.13. The lowest BCUT2D eigenvalue weighted by Gasteiger charge is -2.20. The van der Waals surface area contributed by atoms with Crippen molar-refractivity contribution in [3.05, 3.63) is 77.9 Å². The van der Waals surface area contributed by atoms with E-state index in [2.05, 4.69) is 24.3 Å². The van der Waals surface area contributed by atoms with E-state index in [1.807, 2.05) is 49.5 Å². The number of benzene rings is 3. The average molecular weight is 358 g/mol. The molecule has 0 N–H and O–H groups in total. The van der Waals surface area contributed by atoms with E-state index in [-0.39, 0.29) is 11.8 Å². The fraction of sp³-hybridized carbons (Fsp3) is 0.217. The van der Waals surface area contributed by atoms with Gasteiger partial charge in [0, 0.05) is 37.8 Å². The smallest absolute Gasteiger partial charge is 0.253 e. The van der Waals surface area contributed by atoms with E-state index in [0.717, 1.165) is 24.2 Å². The summed E-state index contributed by atoms with van der Waals surface area (Å²) >= 11 is 0. The Labute approximate surface area is 159 Å². The number of rotatable bonds is 4. The SMILES string of the molecule is CN(Cc1cccc2ccccc12)C(=O)c1ccc(N2CCCC2=O)cc1. The fourth-order valence-corrected chi connectivity index (χ4v) is 3.68. The molecule has 0 saturated carbocycles. The number of hydrogen-bond acceptors (Lipinski definition) is 2. The van der Waals surface area contributed by atoms with E-state index in [0.29, 0.717) is 18.5 Å². The molecule has 0 aliphatic carbocycles. The summed E-state index contributed by atoms with van der Waals surface area (Å²) in [6.45, 7) is 1.31. The summed E-state index contributed by atoms with van der Waals surface area (Å²) in [6.07, 6.45) is 1.50. The number of hydrogen-bond donors (Lipinski definition) is 0. The van der Waals surface area contributed by atoms with Crippen LogP contribution in [0.5, 0.6) is 0 Å².